The molecule has 0 radical (unpaired) electrons. The van der Waals surface area contributed by atoms with Crippen LogP contribution in [0.15, 0.2) is 59.5 Å². The molecule has 0 N–H and O–H groups in total. The number of amides is 1. The van der Waals surface area contributed by atoms with Crippen molar-refractivity contribution in [3.05, 3.63) is 66.0 Å². The van der Waals surface area contributed by atoms with Gasteiger partial charge in [0, 0.05) is 39.3 Å². The van der Waals surface area contributed by atoms with Gasteiger partial charge in [-0.2, -0.15) is 8.61 Å². The fourth-order valence-corrected chi connectivity index (χ4v) is 6.84. The van der Waals surface area contributed by atoms with Crippen molar-refractivity contribution in [2.45, 2.75) is 37.2 Å². The molecule has 1 aliphatic rings. The average Bonchev–Trinajstić information content (AvgIpc) is 2.90. The van der Waals surface area contributed by atoms with Gasteiger partial charge in [-0.05, 0) is 49.6 Å². The fourth-order valence-electron chi connectivity index (χ4n) is 4.32. The number of sulfonamides is 2. The van der Waals surface area contributed by atoms with Crippen molar-refractivity contribution in [2.24, 2.45) is 0 Å². The number of carbonyl (C=O) groups is 1. The van der Waals surface area contributed by atoms with E-state index < -0.39 is 31.8 Å². The maximum absolute atomic E-state index is 13.9. The van der Waals surface area contributed by atoms with Crippen molar-refractivity contribution >= 4 is 26.0 Å². The van der Waals surface area contributed by atoms with Gasteiger partial charge >= 0.3 is 0 Å². The first-order valence-electron chi connectivity index (χ1n) is 12.1. The highest BCUT2D eigenvalue weighted by atomic mass is 32.2. The van der Waals surface area contributed by atoms with Crippen molar-refractivity contribution in [2.75, 3.05) is 45.6 Å². The minimum atomic E-state index is -3.67. The zero-order chi connectivity index (χ0) is 27.1. The Labute approximate surface area is 218 Å². The van der Waals surface area contributed by atoms with Crippen molar-refractivity contribution in [1.29, 1.82) is 0 Å². The lowest BCUT2D eigenvalue weighted by Crippen LogP contribution is -2.51. The Morgan fingerprint density at radius 3 is 2.32 bits per heavy atom. The molecule has 0 bridgehead atoms. The summed E-state index contributed by atoms with van der Waals surface area (Å²) in [5, 5.41) is 0. The highest BCUT2D eigenvalue weighted by Crippen LogP contribution is 2.25. The van der Waals surface area contributed by atoms with Gasteiger partial charge in [0.15, 0.2) is 0 Å². The lowest BCUT2D eigenvalue weighted by molar-refractivity contribution is -0.135. The Kier molecular flexibility index (Phi) is 10.2. The molecule has 9 nitrogen and oxygen atoms in total. The summed E-state index contributed by atoms with van der Waals surface area (Å²) in [7, 11) is -5.89. The number of methoxy groups -OCH3 is 1. The molecule has 0 unspecified atom stereocenters. The summed E-state index contributed by atoms with van der Waals surface area (Å²) in [5.41, 5.74) is 0.564. The molecule has 12 heteroatoms. The van der Waals surface area contributed by atoms with Gasteiger partial charge in [0.2, 0.25) is 26.0 Å². The first-order chi connectivity index (χ1) is 17.6. The predicted octanol–water partition coefficient (Wildman–Crippen LogP) is 2.31. The Balaban J connectivity index is 1.81. The fraction of sp³-hybridized carbons (Fsp3) is 0.480. The van der Waals surface area contributed by atoms with Gasteiger partial charge in [-0.15, -0.1) is 0 Å². The van der Waals surface area contributed by atoms with E-state index in [2.05, 4.69) is 0 Å². The van der Waals surface area contributed by atoms with Gasteiger partial charge in [-0.25, -0.2) is 21.2 Å². The Morgan fingerprint density at radius 2 is 1.73 bits per heavy atom. The van der Waals surface area contributed by atoms with Gasteiger partial charge in [-0.1, -0.05) is 30.3 Å². The number of hydrogen-bond acceptors (Lipinski definition) is 6. The SMILES string of the molecule is CCS(=O)(=O)N(CCOC)CC(=O)N(Cc1cccc(F)c1)C1CCN(S(=O)(=O)c2ccccc2)CC1. The third-order valence-corrected chi connectivity index (χ3v) is 10.2. The molecule has 0 atom stereocenters. The van der Waals surface area contributed by atoms with E-state index in [1.54, 1.807) is 47.4 Å². The van der Waals surface area contributed by atoms with Crippen LogP contribution < -0.4 is 0 Å². The Hall–Kier alpha value is -2.38. The molecule has 3 rings (SSSR count). The summed E-state index contributed by atoms with van der Waals surface area (Å²) < 4.78 is 72.7. The summed E-state index contributed by atoms with van der Waals surface area (Å²) >= 11 is 0. The molecule has 37 heavy (non-hydrogen) atoms. The lowest BCUT2D eigenvalue weighted by Gasteiger charge is -2.39. The molecule has 0 spiro atoms. The van der Waals surface area contributed by atoms with E-state index in [9.17, 15) is 26.0 Å². The quantitative estimate of drug-likeness (QED) is 0.398. The second kappa shape index (κ2) is 12.9. The van der Waals surface area contributed by atoms with Gasteiger partial charge in [0.25, 0.3) is 0 Å². The average molecular weight is 556 g/mol. The molecule has 0 aliphatic carbocycles. The monoisotopic (exact) mass is 555 g/mol. The maximum Gasteiger partial charge on any atom is 0.243 e. The van der Waals surface area contributed by atoms with Gasteiger partial charge in [-0.3, -0.25) is 4.79 Å². The number of rotatable bonds is 12. The first kappa shape index (κ1) is 29.2. The van der Waals surface area contributed by atoms with Gasteiger partial charge in [0.1, 0.15) is 5.82 Å². The van der Waals surface area contributed by atoms with Crippen LogP contribution in [-0.4, -0.2) is 87.9 Å². The van der Waals surface area contributed by atoms with Crippen molar-refractivity contribution in [1.82, 2.24) is 13.5 Å². The summed E-state index contributed by atoms with van der Waals surface area (Å²) in [4.78, 5) is 15.3. The molecule has 1 fully saturated rings. The molecular formula is C25H34FN3O6S2. The molecule has 1 heterocycles. The standard InChI is InChI=1S/C25H34FN3O6S2/c1-3-36(31,32)28(16-17-35-2)20-25(30)29(19-21-8-7-9-22(26)18-21)23-12-14-27(15-13-23)37(33,34)24-10-5-4-6-11-24/h4-11,18,23H,3,12-17,19-20H2,1-2H3. The summed E-state index contributed by atoms with van der Waals surface area (Å²) in [6.07, 6.45) is 0.734. The van der Waals surface area contributed by atoms with Crippen LogP contribution in [0.2, 0.25) is 0 Å². The number of hydrogen-bond donors (Lipinski definition) is 0. The van der Waals surface area contributed by atoms with Crippen LogP contribution in [-0.2, 0) is 36.1 Å². The molecule has 204 valence electrons. The Bertz CT molecular complexity index is 1250. The lowest BCUT2D eigenvalue weighted by atomic mass is 10.0. The van der Waals surface area contributed by atoms with Crippen LogP contribution in [0.5, 0.6) is 0 Å². The van der Waals surface area contributed by atoms with Crippen molar-refractivity contribution < 1.29 is 30.8 Å². The second-order valence-electron chi connectivity index (χ2n) is 8.83. The molecule has 1 aliphatic heterocycles. The van der Waals surface area contributed by atoms with Crippen LogP contribution in [0, 0.1) is 5.82 Å². The summed E-state index contributed by atoms with van der Waals surface area (Å²) in [6.45, 7) is 1.78. The van der Waals surface area contributed by atoms with Crippen LogP contribution >= 0.6 is 0 Å². The number of carbonyl (C=O) groups excluding carboxylic acids is 1. The number of benzene rings is 2. The molecule has 2 aromatic rings. The smallest absolute Gasteiger partial charge is 0.243 e. The largest absolute Gasteiger partial charge is 0.383 e. The maximum atomic E-state index is 13.9. The third kappa shape index (κ3) is 7.57. The number of piperidine rings is 1. The van der Waals surface area contributed by atoms with E-state index in [-0.39, 0.29) is 56.0 Å². The topological polar surface area (TPSA) is 104 Å². The third-order valence-electron chi connectivity index (χ3n) is 6.42. The Morgan fingerprint density at radius 1 is 1.05 bits per heavy atom. The van der Waals surface area contributed by atoms with E-state index >= 15 is 0 Å². The van der Waals surface area contributed by atoms with Crippen LogP contribution in [0.25, 0.3) is 0 Å². The molecule has 0 saturated carbocycles. The minimum absolute atomic E-state index is 0.0278. The molecule has 1 amide bonds. The van der Waals surface area contributed by atoms with Crippen LogP contribution in [0.4, 0.5) is 4.39 Å². The minimum Gasteiger partial charge on any atom is -0.383 e. The van der Waals surface area contributed by atoms with E-state index in [0.29, 0.717) is 18.4 Å². The van der Waals surface area contributed by atoms with Crippen LogP contribution in [0.3, 0.4) is 0 Å². The van der Waals surface area contributed by atoms with E-state index in [1.807, 2.05) is 0 Å². The summed E-state index contributed by atoms with van der Waals surface area (Å²) in [6, 6.07) is 13.7. The molecule has 2 aromatic carbocycles. The highest BCUT2D eigenvalue weighted by molar-refractivity contribution is 7.89. The van der Waals surface area contributed by atoms with E-state index in [1.165, 1.54) is 30.5 Å². The van der Waals surface area contributed by atoms with E-state index in [0.717, 1.165) is 4.31 Å². The molecular weight excluding hydrogens is 521 g/mol. The normalized spacial score (nSPS) is 15.7. The second-order valence-corrected chi connectivity index (χ2v) is 13.0. The van der Waals surface area contributed by atoms with E-state index in [4.69, 9.17) is 4.74 Å². The zero-order valence-corrected chi connectivity index (χ0v) is 22.8. The number of halogens is 1. The highest BCUT2D eigenvalue weighted by Gasteiger charge is 2.34. The van der Waals surface area contributed by atoms with Gasteiger partial charge < -0.3 is 9.64 Å². The summed E-state index contributed by atoms with van der Waals surface area (Å²) in [5.74, 6) is -1.03. The zero-order valence-electron chi connectivity index (χ0n) is 21.1. The molecule has 1 saturated heterocycles. The van der Waals surface area contributed by atoms with Crippen LogP contribution in [0.1, 0.15) is 25.3 Å². The number of ether oxygens (including phenoxy) is 1. The van der Waals surface area contributed by atoms with Crippen molar-refractivity contribution in [3.8, 4) is 0 Å². The molecule has 0 aromatic heterocycles. The van der Waals surface area contributed by atoms with Crippen molar-refractivity contribution in [3.63, 3.8) is 0 Å². The number of nitrogens with zero attached hydrogens (tertiary/aromatic N) is 3. The van der Waals surface area contributed by atoms with Gasteiger partial charge in [0.05, 0.1) is 23.8 Å². The predicted molar refractivity (Wildman–Crippen MR) is 138 cm³/mol. The first-order valence-corrected chi connectivity index (χ1v) is 15.2.